The first kappa shape index (κ1) is 14.9. The summed E-state index contributed by atoms with van der Waals surface area (Å²) in [6.45, 7) is 4.00. The fraction of sp³-hybridized carbons (Fsp3) is 0.250. The molecule has 0 aliphatic carbocycles. The van der Waals surface area contributed by atoms with Gasteiger partial charge in [-0.05, 0) is 48.5 Å². The Morgan fingerprint density at radius 2 is 0.947 bits per heavy atom. The van der Waals surface area contributed by atoms with Gasteiger partial charge in [-0.25, -0.2) is 0 Å². The van der Waals surface area contributed by atoms with Gasteiger partial charge in [0.1, 0.15) is 11.5 Å². The molecule has 0 saturated carbocycles. The van der Waals surface area contributed by atoms with Crippen LogP contribution in [0.5, 0.6) is 11.5 Å². The normalized spacial score (nSPS) is 9.05. The second-order valence-electron chi connectivity index (χ2n) is 3.58. The van der Waals surface area contributed by atoms with Gasteiger partial charge in [0.15, 0.2) is 0 Å². The second kappa shape index (κ2) is 8.03. The van der Waals surface area contributed by atoms with Crippen molar-refractivity contribution in [1.82, 2.24) is 0 Å². The van der Waals surface area contributed by atoms with E-state index in [1.165, 1.54) is 0 Å². The molecule has 0 heterocycles. The van der Waals surface area contributed by atoms with Crippen molar-refractivity contribution in [2.75, 3.05) is 19.5 Å². The van der Waals surface area contributed by atoms with Gasteiger partial charge in [0, 0.05) is 11.4 Å². The largest absolute Gasteiger partial charge is 0.497 e. The highest BCUT2D eigenvalue weighted by Crippen LogP contribution is 2.21. The Kier molecular flexibility index (Phi) is 6.30. The number of benzene rings is 2. The number of ether oxygens (including phenoxy) is 2. The molecular weight excluding hydrogens is 238 g/mol. The van der Waals surface area contributed by atoms with E-state index in [0.717, 1.165) is 22.9 Å². The Hall–Kier alpha value is -2.16. The van der Waals surface area contributed by atoms with Crippen LogP contribution in [0.15, 0.2) is 48.5 Å². The molecule has 3 heteroatoms. The van der Waals surface area contributed by atoms with Crippen molar-refractivity contribution in [3.05, 3.63) is 48.5 Å². The van der Waals surface area contributed by atoms with Gasteiger partial charge in [-0.2, -0.15) is 0 Å². The van der Waals surface area contributed by atoms with Crippen LogP contribution in [0.1, 0.15) is 13.8 Å². The Labute approximate surface area is 115 Å². The summed E-state index contributed by atoms with van der Waals surface area (Å²) in [4.78, 5) is 0. The summed E-state index contributed by atoms with van der Waals surface area (Å²) >= 11 is 0. The molecule has 0 bridgehead atoms. The first-order chi connectivity index (χ1) is 9.31. The van der Waals surface area contributed by atoms with Crippen LogP contribution in [-0.2, 0) is 0 Å². The molecule has 0 unspecified atom stereocenters. The van der Waals surface area contributed by atoms with Crippen molar-refractivity contribution in [3.63, 3.8) is 0 Å². The number of rotatable bonds is 4. The van der Waals surface area contributed by atoms with Gasteiger partial charge >= 0.3 is 0 Å². The zero-order valence-corrected chi connectivity index (χ0v) is 11.9. The van der Waals surface area contributed by atoms with Crippen molar-refractivity contribution >= 4 is 11.4 Å². The lowest BCUT2D eigenvalue weighted by Crippen LogP contribution is -1.90. The van der Waals surface area contributed by atoms with Gasteiger partial charge in [0.25, 0.3) is 0 Å². The fourth-order valence-corrected chi connectivity index (χ4v) is 1.52. The molecule has 2 aromatic rings. The van der Waals surface area contributed by atoms with Crippen LogP contribution in [0.25, 0.3) is 0 Å². The standard InChI is InChI=1S/C14H15NO2.C2H6/c1-16-13-7-3-11(4-8-13)15-12-5-9-14(17-2)10-6-12;1-2/h3-10,15H,1-2H3;1-2H3. The van der Waals surface area contributed by atoms with Crippen LogP contribution in [0.3, 0.4) is 0 Å². The summed E-state index contributed by atoms with van der Waals surface area (Å²) in [5.74, 6) is 1.70. The molecule has 0 aromatic heterocycles. The average molecular weight is 259 g/mol. The SMILES string of the molecule is CC.COc1ccc(Nc2ccc(OC)cc2)cc1. The summed E-state index contributed by atoms with van der Waals surface area (Å²) in [6, 6.07) is 15.6. The maximum atomic E-state index is 5.11. The van der Waals surface area contributed by atoms with E-state index in [2.05, 4.69) is 5.32 Å². The number of hydrogen-bond acceptors (Lipinski definition) is 3. The summed E-state index contributed by atoms with van der Waals surface area (Å²) < 4.78 is 10.2. The van der Waals surface area contributed by atoms with Crippen molar-refractivity contribution in [2.24, 2.45) is 0 Å². The molecule has 0 aliphatic rings. The zero-order chi connectivity index (χ0) is 14.1. The number of anilines is 2. The molecule has 0 amide bonds. The third kappa shape index (κ3) is 4.54. The molecule has 19 heavy (non-hydrogen) atoms. The molecule has 102 valence electrons. The highest BCUT2D eigenvalue weighted by atomic mass is 16.5. The molecule has 2 aromatic carbocycles. The smallest absolute Gasteiger partial charge is 0.119 e. The highest BCUT2D eigenvalue weighted by Gasteiger charge is 1.96. The first-order valence-corrected chi connectivity index (χ1v) is 6.37. The van der Waals surface area contributed by atoms with E-state index in [1.54, 1.807) is 14.2 Å². The molecular formula is C16H21NO2. The second-order valence-corrected chi connectivity index (χ2v) is 3.58. The summed E-state index contributed by atoms with van der Waals surface area (Å²) in [5.41, 5.74) is 2.05. The Morgan fingerprint density at radius 3 is 1.21 bits per heavy atom. The topological polar surface area (TPSA) is 30.5 Å². The predicted octanol–water partition coefficient (Wildman–Crippen LogP) is 4.47. The van der Waals surface area contributed by atoms with E-state index in [1.807, 2.05) is 62.4 Å². The van der Waals surface area contributed by atoms with Gasteiger partial charge in [0.05, 0.1) is 14.2 Å². The lowest BCUT2D eigenvalue weighted by molar-refractivity contribution is 0.415. The fourth-order valence-electron chi connectivity index (χ4n) is 1.52. The maximum Gasteiger partial charge on any atom is 0.119 e. The number of hydrogen-bond donors (Lipinski definition) is 1. The van der Waals surface area contributed by atoms with Crippen LogP contribution >= 0.6 is 0 Å². The number of nitrogens with one attached hydrogen (secondary N) is 1. The van der Waals surface area contributed by atoms with Crippen LogP contribution in [0.4, 0.5) is 11.4 Å². The van der Waals surface area contributed by atoms with Gasteiger partial charge in [-0.15, -0.1) is 0 Å². The Morgan fingerprint density at radius 1 is 0.632 bits per heavy atom. The first-order valence-electron chi connectivity index (χ1n) is 6.37. The summed E-state index contributed by atoms with van der Waals surface area (Å²) in [7, 11) is 3.32. The maximum absolute atomic E-state index is 5.11. The highest BCUT2D eigenvalue weighted by molar-refractivity contribution is 5.60. The van der Waals surface area contributed by atoms with E-state index >= 15 is 0 Å². The van der Waals surface area contributed by atoms with E-state index < -0.39 is 0 Å². The quantitative estimate of drug-likeness (QED) is 0.878. The Bertz CT molecular complexity index is 418. The van der Waals surface area contributed by atoms with Crippen LogP contribution in [-0.4, -0.2) is 14.2 Å². The lowest BCUT2D eigenvalue weighted by Gasteiger charge is -2.08. The van der Waals surface area contributed by atoms with Gasteiger partial charge in [-0.3, -0.25) is 0 Å². The van der Waals surface area contributed by atoms with Crippen molar-refractivity contribution < 1.29 is 9.47 Å². The zero-order valence-electron chi connectivity index (χ0n) is 11.9. The molecule has 0 atom stereocenters. The minimum absolute atomic E-state index is 0.852. The Balaban J connectivity index is 0.000000861. The molecule has 0 saturated heterocycles. The summed E-state index contributed by atoms with van der Waals surface area (Å²) in [5, 5.41) is 3.30. The molecule has 0 spiro atoms. The van der Waals surface area contributed by atoms with Crippen LogP contribution < -0.4 is 14.8 Å². The van der Waals surface area contributed by atoms with E-state index in [-0.39, 0.29) is 0 Å². The lowest BCUT2D eigenvalue weighted by atomic mass is 10.2. The van der Waals surface area contributed by atoms with Crippen molar-refractivity contribution in [1.29, 1.82) is 0 Å². The minimum Gasteiger partial charge on any atom is -0.497 e. The van der Waals surface area contributed by atoms with Crippen molar-refractivity contribution in [2.45, 2.75) is 13.8 Å². The van der Waals surface area contributed by atoms with Crippen LogP contribution in [0, 0.1) is 0 Å². The minimum atomic E-state index is 0.852. The molecule has 1 N–H and O–H groups in total. The molecule has 0 radical (unpaired) electrons. The molecule has 3 nitrogen and oxygen atoms in total. The molecule has 0 aliphatic heterocycles. The molecule has 2 rings (SSSR count). The summed E-state index contributed by atoms with van der Waals surface area (Å²) in [6.07, 6.45) is 0. The van der Waals surface area contributed by atoms with Crippen molar-refractivity contribution in [3.8, 4) is 11.5 Å². The number of methoxy groups -OCH3 is 2. The van der Waals surface area contributed by atoms with E-state index in [9.17, 15) is 0 Å². The van der Waals surface area contributed by atoms with E-state index in [0.29, 0.717) is 0 Å². The van der Waals surface area contributed by atoms with Gasteiger partial charge in [0.2, 0.25) is 0 Å². The van der Waals surface area contributed by atoms with Crippen LogP contribution in [0.2, 0.25) is 0 Å². The third-order valence-electron chi connectivity index (χ3n) is 2.47. The van der Waals surface area contributed by atoms with Gasteiger partial charge in [-0.1, -0.05) is 13.8 Å². The van der Waals surface area contributed by atoms with E-state index in [4.69, 9.17) is 9.47 Å². The molecule has 0 fully saturated rings. The predicted molar refractivity (Wildman–Crippen MR) is 80.6 cm³/mol. The third-order valence-corrected chi connectivity index (χ3v) is 2.47. The van der Waals surface area contributed by atoms with Gasteiger partial charge < -0.3 is 14.8 Å². The average Bonchev–Trinajstić information content (AvgIpc) is 2.51. The monoisotopic (exact) mass is 259 g/mol.